The van der Waals surface area contributed by atoms with Crippen LogP contribution >= 0.6 is 0 Å². The number of isocyanates is 1. The second-order valence-corrected chi connectivity index (χ2v) is 2.36. The smallest absolute Gasteiger partial charge is 0.403 e. The van der Waals surface area contributed by atoms with Gasteiger partial charge in [-0.3, -0.25) is 0 Å². The zero-order chi connectivity index (χ0) is 11.5. The Hall–Kier alpha value is -1.88. The van der Waals surface area contributed by atoms with Gasteiger partial charge in [0.05, 0.1) is 0 Å². The van der Waals surface area contributed by atoms with Crippen molar-refractivity contribution in [1.82, 2.24) is 0 Å². The predicted octanol–water partition coefficient (Wildman–Crippen LogP) is 2.69. The molecule has 0 fully saturated rings. The first kappa shape index (κ1) is 11.2. The molecule has 0 aliphatic carbocycles. The molecule has 0 spiro atoms. The zero-order valence-corrected chi connectivity index (χ0v) is 7.01. The Morgan fingerprint density at radius 2 is 2.00 bits per heavy atom. The van der Waals surface area contributed by atoms with E-state index in [1.165, 1.54) is 0 Å². The minimum atomic E-state index is -4.97. The number of ether oxygens (including phenoxy) is 1. The van der Waals surface area contributed by atoms with Crippen LogP contribution in [0.4, 0.5) is 23.2 Å². The highest BCUT2D eigenvalue weighted by Crippen LogP contribution is 2.32. The third-order valence-corrected chi connectivity index (χ3v) is 1.31. The lowest BCUT2D eigenvalue weighted by Crippen LogP contribution is -2.17. The van der Waals surface area contributed by atoms with Gasteiger partial charge in [0.2, 0.25) is 6.08 Å². The van der Waals surface area contributed by atoms with E-state index in [0.717, 1.165) is 18.2 Å². The van der Waals surface area contributed by atoms with E-state index in [2.05, 4.69) is 9.73 Å². The van der Waals surface area contributed by atoms with E-state index in [4.69, 9.17) is 0 Å². The van der Waals surface area contributed by atoms with E-state index in [1.807, 2.05) is 0 Å². The summed E-state index contributed by atoms with van der Waals surface area (Å²) in [5, 5.41) is 0. The summed E-state index contributed by atoms with van der Waals surface area (Å²) in [6.07, 6.45) is -3.94. The molecule has 0 radical (unpaired) electrons. The molecular weight excluding hydrogens is 218 g/mol. The van der Waals surface area contributed by atoms with Crippen LogP contribution in [0.5, 0.6) is 5.75 Å². The molecule has 0 aliphatic heterocycles. The molecule has 0 atom stereocenters. The first-order valence-electron chi connectivity index (χ1n) is 3.55. The van der Waals surface area contributed by atoms with E-state index in [-0.39, 0.29) is 0 Å². The highest BCUT2D eigenvalue weighted by molar-refractivity contribution is 5.57. The van der Waals surface area contributed by atoms with Crippen molar-refractivity contribution in [2.75, 3.05) is 0 Å². The molecule has 15 heavy (non-hydrogen) atoms. The Labute approximate surface area is 81.0 Å². The Morgan fingerprint density at radius 1 is 1.33 bits per heavy atom. The SMILES string of the molecule is O=C=Nc1ccc(F)cc1OC(F)(F)F. The van der Waals surface area contributed by atoms with Crippen molar-refractivity contribution in [3.8, 4) is 5.75 Å². The van der Waals surface area contributed by atoms with Crippen LogP contribution in [0.15, 0.2) is 23.2 Å². The second-order valence-electron chi connectivity index (χ2n) is 2.36. The van der Waals surface area contributed by atoms with Gasteiger partial charge in [-0.2, -0.15) is 4.99 Å². The molecule has 1 rings (SSSR count). The standard InChI is InChI=1S/C8H3F4NO2/c9-5-1-2-6(13-4-14)7(3-5)15-8(10,11)12/h1-3H. The highest BCUT2D eigenvalue weighted by Gasteiger charge is 2.32. The minimum absolute atomic E-state index is 0.441. The largest absolute Gasteiger partial charge is 0.573 e. The lowest BCUT2D eigenvalue weighted by molar-refractivity contribution is -0.274. The lowest BCUT2D eigenvalue weighted by atomic mass is 10.3. The molecular formula is C8H3F4NO2. The van der Waals surface area contributed by atoms with Gasteiger partial charge in [-0.1, -0.05) is 0 Å². The van der Waals surface area contributed by atoms with Gasteiger partial charge in [0, 0.05) is 6.07 Å². The molecule has 0 unspecified atom stereocenters. The maximum Gasteiger partial charge on any atom is 0.573 e. The molecule has 3 nitrogen and oxygen atoms in total. The van der Waals surface area contributed by atoms with Crippen LogP contribution in [-0.2, 0) is 4.79 Å². The maximum atomic E-state index is 12.6. The van der Waals surface area contributed by atoms with E-state index in [9.17, 15) is 22.4 Å². The Balaban J connectivity index is 3.13. The number of alkyl halides is 3. The molecule has 0 amide bonds. The first-order valence-corrected chi connectivity index (χ1v) is 3.55. The Kier molecular flexibility index (Phi) is 3.06. The summed E-state index contributed by atoms with van der Waals surface area (Å²) >= 11 is 0. The Morgan fingerprint density at radius 3 is 2.53 bits per heavy atom. The van der Waals surface area contributed by atoms with Crippen LogP contribution in [0.1, 0.15) is 0 Å². The summed E-state index contributed by atoms with van der Waals surface area (Å²) in [6.45, 7) is 0. The van der Waals surface area contributed by atoms with Crippen LogP contribution in [-0.4, -0.2) is 12.4 Å². The molecule has 7 heteroatoms. The van der Waals surface area contributed by atoms with Gasteiger partial charge in [-0.15, -0.1) is 13.2 Å². The van der Waals surface area contributed by atoms with Gasteiger partial charge in [0.25, 0.3) is 0 Å². The zero-order valence-electron chi connectivity index (χ0n) is 7.01. The lowest BCUT2D eigenvalue weighted by Gasteiger charge is -2.09. The van der Waals surface area contributed by atoms with Crippen molar-refractivity contribution in [1.29, 1.82) is 0 Å². The maximum absolute atomic E-state index is 12.6. The fourth-order valence-corrected chi connectivity index (χ4v) is 0.836. The first-order chi connectivity index (χ1) is 6.92. The van der Waals surface area contributed by atoms with Crippen molar-refractivity contribution in [3.05, 3.63) is 24.0 Å². The monoisotopic (exact) mass is 221 g/mol. The van der Waals surface area contributed by atoms with Crippen LogP contribution in [0.25, 0.3) is 0 Å². The van der Waals surface area contributed by atoms with E-state index < -0.39 is 23.6 Å². The van der Waals surface area contributed by atoms with Crippen LogP contribution in [0.3, 0.4) is 0 Å². The van der Waals surface area contributed by atoms with Crippen molar-refractivity contribution < 1.29 is 27.1 Å². The third kappa shape index (κ3) is 3.40. The van der Waals surface area contributed by atoms with Crippen molar-refractivity contribution in [2.45, 2.75) is 6.36 Å². The number of rotatable bonds is 2. The molecule has 80 valence electrons. The number of benzene rings is 1. The molecule has 1 aromatic carbocycles. The van der Waals surface area contributed by atoms with E-state index >= 15 is 0 Å². The fraction of sp³-hybridized carbons (Fsp3) is 0.125. The van der Waals surface area contributed by atoms with Gasteiger partial charge in [0.1, 0.15) is 11.5 Å². The van der Waals surface area contributed by atoms with E-state index in [0.29, 0.717) is 6.07 Å². The van der Waals surface area contributed by atoms with Gasteiger partial charge in [-0.05, 0) is 12.1 Å². The summed E-state index contributed by atoms with van der Waals surface area (Å²) in [4.78, 5) is 12.8. The summed E-state index contributed by atoms with van der Waals surface area (Å²) in [5.41, 5.74) is -0.441. The topological polar surface area (TPSA) is 38.7 Å². The average Bonchev–Trinajstić information content (AvgIpc) is 2.07. The van der Waals surface area contributed by atoms with Crippen LogP contribution < -0.4 is 4.74 Å². The molecule has 0 aliphatic rings. The van der Waals surface area contributed by atoms with Crippen LogP contribution in [0, 0.1) is 5.82 Å². The minimum Gasteiger partial charge on any atom is -0.403 e. The number of hydrogen-bond donors (Lipinski definition) is 0. The number of nitrogens with zero attached hydrogens (tertiary/aromatic N) is 1. The third-order valence-electron chi connectivity index (χ3n) is 1.31. The fourth-order valence-electron chi connectivity index (χ4n) is 0.836. The molecule has 1 aromatic rings. The number of halogens is 4. The normalized spacial score (nSPS) is 10.7. The van der Waals surface area contributed by atoms with Gasteiger partial charge in [0.15, 0.2) is 5.75 Å². The number of hydrogen-bond acceptors (Lipinski definition) is 3. The second kappa shape index (κ2) is 4.10. The van der Waals surface area contributed by atoms with Crippen molar-refractivity contribution in [3.63, 3.8) is 0 Å². The van der Waals surface area contributed by atoms with E-state index in [1.54, 1.807) is 0 Å². The van der Waals surface area contributed by atoms with Gasteiger partial charge >= 0.3 is 6.36 Å². The molecule has 0 aromatic heterocycles. The summed E-state index contributed by atoms with van der Waals surface area (Å²) in [6, 6.07) is 2.20. The molecule has 0 heterocycles. The predicted molar refractivity (Wildman–Crippen MR) is 40.9 cm³/mol. The Bertz CT molecular complexity index is 410. The summed E-state index contributed by atoms with van der Waals surface area (Å²) in [5.74, 6) is -1.81. The molecule has 0 N–H and O–H groups in total. The van der Waals surface area contributed by atoms with Crippen molar-refractivity contribution in [2.24, 2.45) is 4.99 Å². The summed E-state index contributed by atoms with van der Waals surface area (Å²) < 4.78 is 51.5. The molecule has 0 saturated carbocycles. The summed E-state index contributed by atoms with van der Waals surface area (Å²) in [7, 11) is 0. The highest BCUT2D eigenvalue weighted by atomic mass is 19.4. The average molecular weight is 221 g/mol. The number of carbonyl (C=O) groups excluding carboxylic acids is 1. The van der Waals surface area contributed by atoms with Crippen LogP contribution in [0.2, 0.25) is 0 Å². The van der Waals surface area contributed by atoms with Crippen molar-refractivity contribution >= 4 is 11.8 Å². The van der Waals surface area contributed by atoms with Gasteiger partial charge < -0.3 is 4.74 Å². The quantitative estimate of drug-likeness (QED) is 0.437. The number of aliphatic imine (C=N–C) groups is 1. The molecule has 0 saturated heterocycles. The van der Waals surface area contributed by atoms with Gasteiger partial charge in [-0.25, -0.2) is 9.18 Å². The molecule has 0 bridgehead atoms.